The second-order valence-electron chi connectivity index (χ2n) is 7.74. The molecule has 168 valence electrons. The van der Waals surface area contributed by atoms with Gasteiger partial charge in [0.05, 0.1) is 27.8 Å². The summed E-state index contributed by atoms with van der Waals surface area (Å²) in [6, 6.07) is 16.2. The van der Waals surface area contributed by atoms with Crippen LogP contribution in [0.25, 0.3) is 16.7 Å². The number of thioether (sulfide) groups is 1. The maximum Gasteiger partial charge on any atom is 0.262 e. The highest BCUT2D eigenvalue weighted by atomic mass is 32.2. The van der Waals surface area contributed by atoms with Crippen LogP contribution in [0.1, 0.15) is 38.7 Å². The van der Waals surface area contributed by atoms with Crippen LogP contribution in [0.4, 0.5) is 5.69 Å². The topological polar surface area (TPSA) is 105 Å². The zero-order valence-electron chi connectivity index (χ0n) is 18.5. The first-order valence-corrected chi connectivity index (χ1v) is 11.8. The van der Waals surface area contributed by atoms with Gasteiger partial charge >= 0.3 is 0 Å². The summed E-state index contributed by atoms with van der Waals surface area (Å²) in [5.41, 5.74) is 1.67. The maximum atomic E-state index is 13.1. The van der Waals surface area contributed by atoms with Crippen molar-refractivity contribution >= 4 is 40.0 Å². The largest absolute Gasteiger partial charge is 0.325 e. The SMILES string of the molecule is CCCCCn1c(=O)c2ccccc2n2c(SC(C)C(=O)Nc3cccc(C#N)c3)nnc12. The van der Waals surface area contributed by atoms with Crippen molar-refractivity contribution in [1.82, 2.24) is 19.2 Å². The van der Waals surface area contributed by atoms with E-state index in [1.165, 1.54) is 11.8 Å². The van der Waals surface area contributed by atoms with Crippen LogP contribution in [0.2, 0.25) is 0 Å². The van der Waals surface area contributed by atoms with Crippen molar-refractivity contribution in [3.63, 3.8) is 0 Å². The fraction of sp³-hybridized carbons (Fsp3) is 0.292. The molecule has 1 amide bonds. The molecule has 1 atom stereocenters. The number of nitriles is 1. The summed E-state index contributed by atoms with van der Waals surface area (Å²) in [7, 11) is 0. The van der Waals surface area contributed by atoms with E-state index in [0.29, 0.717) is 39.6 Å². The number of carbonyl (C=O) groups excluding carboxylic acids is 1. The molecule has 0 aliphatic heterocycles. The van der Waals surface area contributed by atoms with Crippen molar-refractivity contribution in [1.29, 1.82) is 5.26 Å². The van der Waals surface area contributed by atoms with Gasteiger partial charge in [0.2, 0.25) is 11.7 Å². The highest BCUT2D eigenvalue weighted by molar-refractivity contribution is 8.00. The van der Waals surface area contributed by atoms with E-state index in [1.54, 1.807) is 41.8 Å². The second kappa shape index (κ2) is 9.88. The Labute approximate surface area is 195 Å². The molecule has 8 nitrogen and oxygen atoms in total. The molecule has 0 spiro atoms. The monoisotopic (exact) mass is 460 g/mol. The maximum absolute atomic E-state index is 13.1. The Morgan fingerprint density at radius 1 is 1.18 bits per heavy atom. The summed E-state index contributed by atoms with van der Waals surface area (Å²) in [5.74, 6) is 0.263. The van der Waals surface area contributed by atoms with Crippen molar-refractivity contribution in [2.75, 3.05) is 5.32 Å². The average molecular weight is 461 g/mol. The molecule has 0 radical (unpaired) electrons. The first kappa shape index (κ1) is 22.6. The van der Waals surface area contributed by atoms with Gasteiger partial charge in [-0.2, -0.15) is 5.26 Å². The first-order valence-electron chi connectivity index (χ1n) is 10.9. The quantitative estimate of drug-likeness (QED) is 0.312. The number of hydrogen-bond acceptors (Lipinski definition) is 6. The number of rotatable bonds is 8. The Bertz CT molecular complexity index is 1420. The lowest BCUT2D eigenvalue weighted by Crippen LogP contribution is -2.24. The number of hydrogen-bond donors (Lipinski definition) is 1. The molecule has 4 rings (SSSR count). The smallest absolute Gasteiger partial charge is 0.262 e. The van der Waals surface area contributed by atoms with Gasteiger partial charge in [-0.3, -0.25) is 18.6 Å². The lowest BCUT2D eigenvalue weighted by molar-refractivity contribution is -0.115. The summed E-state index contributed by atoms with van der Waals surface area (Å²) >= 11 is 1.27. The van der Waals surface area contributed by atoms with Crippen LogP contribution in [-0.2, 0) is 11.3 Å². The van der Waals surface area contributed by atoms with E-state index in [1.807, 2.05) is 22.6 Å². The molecule has 2 aromatic heterocycles. The summed E-state index contributed by atoms with van der Waals surface area (Å²) in [5, 5.41) is 21.2. The van der Waals surface area contributed by atoms with Crippen molar-refractivity contribution in [2.45, 2.75) is 50.1 Å². The molecule has 4 aromatic rings. The molecule has 2 aromatic carbocycles. The van der Waals surface area contributed by atoms with Crippen LogP contribution >= 0.6 is 11.8 Å². The number of aryl methyl sites for hydroxylation is 1. The Balaban J connectivity index is 1.67. The van der Waals surface area contributed by atoms with E-state index in [9.17, 15) is 9.59 Å². The third-order valence-corrected chi connectivity index (χ3v) is 6.42. The van der Waals surface area contributed by atoms with Crippen LogP contribution in [0.15, 0.2) is 58.5 Å². The predicted octanol–water partition coefficient (Wildman–Crippen LogP) is 4.23. The van der Waals surface area contributed by atoms with Crippen LogP contribution in [0.3, 0.4) is 0 Å². The number of carbonyl (C=O) groups is 1. The van der Waals surface area contributed by atoms with E-state index >= 15 is 0 Å². The van der Waals surface area contributed by atoms with Gasteiger partial charge in [0, 0.05) is 12.2 Å². The van der Waals surface area contributed by atoms with Gasteiger partial charge in [-0.05, 0) is 43.7 Å². The Morgan fingerprint density at radius 2 is 2.00 bits per heavy atom. The van der Waals surface area contributed by atoms with Gasteiger partial charge in [-0.25, -0.2) is 0 Å². The van der Waals surface area contributed by atoms with E-state index in [2.05, 4.69) is 28.5 Å². The highest BCUT2D eigenvalue weighted by Gasteiger charge is 2.21. The van der Waals surface area contributed by atoms with E-state index in [-0.39, 0.29) is 11.5 Å². The van der Waals surface area contributed by atoms with Gasteiger partial charge < -0.3 is 5.32 Å². The fourth-order valence-corrected chi connectivity index (χ4v) is 4.51. The summed E-state index contributed by atoms with van der Waals surface area (Å²) in [6.45, 7) is 4.47. The minimum atomic E-state index is -0.484. The fourth-order valence-electron chi connectivity index (χ4n) is 3.65. The summed E-state index contributed by atoms with van der Waals surface area (Å²) in [6.07, 6.45) is 2.95. The predicted molar refractivity (Wildman–Crippen MR) is 129 cm³/mol. The highest BCUT2D eigenvalue weighted by Crippen LogP contribution is 2.26. The van der Waals surface area contributed by atoms with Crippen molar-refractivity contribution in [3.8, 4) is 6.07 Å². The number of unbranched alkanes of at least 4 members (excludes halogenated alkanes) is 2. The van der Waals surface area contributed by atoms with Crippen LogP contribution in [0, 0.1) is 11.3 Å². The molecule has 0 aliphatic carbocycles. The van der Waals surface area contributed by atoms with E-state index in [4.69, 9.17) is 5.26 Å². The number of fused-ring (bicyclic) bond motifs is 3. The second-order valence-corrected chi connectivity index (χ2v) is 9.05. The average Bonchev–Trinajstić information content (AvgIpc) is 3.24. The number of benzene rings is 2. The van der Waals surface area contributed by atoms with Crippen molar-refractivity contribution in [2.24, 2.45) is 0 Å². The molecule has 0 fully saturated rings. The molecule has 1 unspecified atom stereocenters. The summed E-state index contributed by atoms with van der Waals surface area (Å²) in [4.78, 5) is 25.9. The van der Waals surface area contributed by atoms with E-state index in [0.717, 1.165) is 19.3 Å². The van der Waals surface area contributed by atoms with Crippen LogP contribution < -0.4 is 10.9 Å². The van der Waals surface area contributed by atoms with Gasteiger partial charge in [0.15, 0.2) is 5.16 Å². The number of para-hydroxylation sites is 1. The number of nitrogens with one attached hydrogen (secondary N) is 1. The molecular formula is C24H24N6O2S. The Kier molecular flexibility index (Phi) is 6.75. The Morgan fingerprint density at radius 3 is 2.79 bits per heavy atom. The minimum absolute atomic E-state index is 0.0821. The molecule has 9 heteroatoms. The molecule has 0 aliphatic rings. The zero-order chi connectivity index (χ0) is 23.4. The molecule has 0 saturated heterocycles. The molecule has 0 saturated carbocycles. The van der Waals surface area contributed by atoms with Crippen molar-refractivity contribution < 1.29 is 4.79 Å². The molecule has 33 heavy (non-hydrogen) atoms. The standard InChI is InChI=1S/C24H24N6O2S/c1-3-4-7-13-29-22(32)19-11-5-6-12-20(19)30-23(29)27-28-24(30)33-16(2)21(31)26-18-10-8-9-17(14-18)15-25/h5-6,8-12,14,16H,3-4,7,13H2,1-2H3,(H,26,31). The molecule has 1 N–H and O–H groups in total. The lowest BCUT2D eigenvalue weighted by atomic mass is 10.2. The normalized spacial score (nSPS) is 12.0. The minimum Gasteiger partial charge on any atom is -0.325 e. The van der Waals surface area contributed by atoms with Gasteiger partial charge in [0.1, 0.15) is 0 Å². The molecule has 0 bridgehead atoms. The third kappa shape index (κ3) is 4.61. The van der Waals surface area contributed by atoms with Gasteiger partial charge in [0.25, 0.3) is 5.56 Å². The first-order chi connectivity index (χ1) is 16.0. The number of anilines is 1. The summed E-state index contributed by atoms with van der Waals surface area (Å²) < 4.78 is 3.53. The van der Waals surface area contributed by atoms with Crippen LogP contribution in [0.5, 0.6) is 0 Å². The molecular weight excluding hydrogens is 436 g/mol. The van der Waals surface area contributed by atoms with Gasteiger partial charge in [-0.15, -0.1) is 10.2 Å². The van der Waals surface area contributed by atoms with Gasteiger partial charge in [-0.1, -0.05) is 49.7 Å². The zero-order valence-corrected chi connectivity index (χ0v) is 19.3. The molecule has 2 heterocycles. The van der Waals surface area contributed by atoms with Crippen LogP contribution in [-0.4, -0.2) is 30.3 Å². The number of nitrogens with zero attached hydrogens (tertiary/aromatic N) is 5. The van der Waals surface area contributed by atoms with Crippen molar-refractivity contribution in [3.05, 3.63) is 64.4 Å². The third-order valence-electron chi connectivity index (χ3n) is 5.37. The Hall–Kier alpha value is -3.64. The van der Waals surface area contributed by atoms with E-state index < -0.39 is 5.25 Å². The number of aromatic nitrogens is 4. The lowest BCUT2D eigenvalue weighted by Gasteiger charge is -2.13. The number of amides is 1.